The van der Waals surface area contributed by atoms with E-state index in [1.807, 2.05) is 0 Å². The predicted octanol–water partition coefficient (Wildman–Crippen LogP) is 2.98. The van der Waals surface area contributed by atoms with Gasteiger partial charge in [-0.3, -0.25) is 4.79 Å². The minimum absolute atomic E-state index is 0.0376. The fourth-order valence-corrected chi connectivity index (χ4v) is 4.53. The zero-order valence-electron chi connectivity index (χ0n) is 11.0. The van der Waals surface area contributed by atoms with Crippen LogP contribution in [0.2, 0.25) is 10.0 Å². The third-order valence-corrected chi connectivity index (χ3v) is 5.82. The first kappa shape index (κ1) is 15.8. The molecule has 0 unspecified atom stereocenters. The summed E-state index contributed by atoms with van der Waals surface area (Å²) in [5, 5.41) is 0.574. The number of benzene rings is 1. The van der Waals surface area contributed by atoms with Crippen LogP contribution >= 0.6 is 23.2 Å². The number of hydrogen-bond acceptors (Lipinski definition) is 3. The van der Waals surface area contributed by atoms with Crippen molar-refractivity contribution in [1.29, 1.82) is 0 Å². The highest BCUT2D eigenvalue weighted by atomic mass is 35.5. The van der Waals surface area contributed by atoms with Crippen LogP contribution in [0.4, 0.5) is 0 Å². The molecule has 0 spiro atoms. The van der Waals surface area contributed by atoms with E-state index >= 15 is 0 Å². The highest BCUT2D eigenvalue weighted by molar-refractivity contribution is 7.89. The zero-order valence-corrected chi connectivity index (χ0v) is 13.3. The van der Waals surface area contributed by atoms with Crippen molar-refractivity contribution in [3.8, 4) is 0 Å². The quantitative estimate of drug-likeness (QED) is 0.853. The Hall–Kier alpha value is -0.620. The molecular formula is C13H15Cl2NO3S. The van der Waals surface area contributed by atoms with Gasteiger partial charge in [-0.15, -0.1) is 0 Å². The topological polar surface area (TPSA) is 54.5 Å². The molecular weight excluding hydrogens is 321 g/mol. The fraction of sp³-hybridized carbons (Fsp3) is 0.462. The number of rotatable bonds is 3. The summed E-state index contributed by atoms with van der Waals surface area (Å²) in [5.74, 6) is 0.0808. The summed E-state index contributed by atoms with van der Waals surface area (Å²) in [6, 6.07) is 4.27. The van der Waals surface area contributed by atoms with Crippen LogP contribution in [0, 0.1) is 5.92 Å². The first-order valence-electron chi connectivity index (χ1n) is 6.27. The summed E-state index contributed by atoms with van der Waals surface area (Å²) in [4.78, 5) is 11.4. The minimum Gasteiger partial charge on any atom is -0.300 e. The third-order valence-electron chi connectivity index (χ3n) is 3.50. The number of piperidine rings is 1. The second kappa shape index (κ2) is 6.02. The molecule has 0 N–H and O–H groups in total. The first-order valence-corrected chi connectivity index (χ1v) is 8.47. The van der Waals surface area contributed by atoms with Gasteiger partial charge in [0.05, 0.1) is 4.90 Å². The van der Waals surface area contributed by atoms with Gasteiger partial charge >= 0.3 is 0 Å². The normalized spacial score (nSPS) is 18.1. The van der Waals surface area contributed by atoms with Gasteiger partial charge in [-0.1, -0.05) is 23.2 Å². The Labute approximate surface area is 128 Å². The van der Waals surface area contributed by atoms with E-state index in [9.17, 15) is 13.2 Å². The average Bonchev–Trinajstić information content (AvgIpc) is 2.37. The summed E-state index contributed by atoms with van der Waals surface area (Å²) in [7, 11) is -3.60. The number of nitrogens with zero attached hydrogens (tertiary/aromatic N) is 1. The summed E-state index contributed by atoms with van der Waals surface area (Å²) in [6.07, 6.45) is 1.12. The molecule has 0 aromatic heterocycles. The van der Waals surface area contributed by atoms with Crippen LogP contribution in [-0.2, 0) is 14.8 Å². The van der Waals surface area contributed by atoms with Gasteiger partial charge < -0.3 is 0 Å². The molecule has 0 saturated carbocycles. The number of carbonyl (C=O) groups is 1. The summed E-state index contributed by atoms with van der Waals surface area (Å²) >= 11 is 11.7. The molecule has 1 aliphatic heterocycles. The van der Waals surface area contributed by atoms with Gasteiger partial charge in [0.2, 0.25) is 10.0 Å². The lowest BCUT2D eigenvalue weighted by Crippen LogP contribution is -2.39. The maximum atomic E-state index is 12.5. The van der Waals surface area contributed by atoms with Crippen molar-refractivity contribution in [2.45, 2.75) is 24.7 Å². The molecule has 1 aromatic rings. The van der Waals surface area contributed by atoms with Crippen LogP contribution < -0.4 is 0 Å². The molecule has 0 radical (unpaired) electrons. The fourth-order valence-electron chi connectivity index (χ4n) is 2.33. The molecule has 0 aliphatic carbocycles. The number of hydrogen-bond donors (Lipinski definition) is 0. The van der Waals surface area contributed by atoms with Gasteiger partial charge in [0.25, 0.3) is 0 Å². The summed E-state index contributed by atoms with van der Waals surface area (Å²) < 4.78 is 26.4. The average molecular weight is 336 g/mol. The summed E-state index contributed by atoms with van der Waals surface area (Å²) in [6.45, 7) is 2.24. The van der Waals surface area contributed by atoms with Crippen molar-refractivity contribution >= 4 is 39.0 Å². The minimum atomic E-state index is -3.60. The van der Waals surface area contributed by atoms with Crippen molar-refractivity contribution in [2.24, 2.45) is 5.92 Å². The lowest BCUT2D eigenvalue weighted by Gasteiger charge is -2.30. The SMILES string of the molecule is CC(=O)C1CCN(S(=O)(=O)c2cc(Cl)cc(Cl)c2)CC1. The Morgan fingerprint density at radius 1 is 1.15 bits per heavy atom. The molecule has 0 amide bonds. The van der Waals surface area contributed by atoms with Crippen LogP contribution in [0.1, 0.15) is 19.8 Å². The van der Waals surface area contributed by atoms with Crippen LogP contribution in [0.3, 0.4) is 0 Å². The van der Waals surface area contributed by atoms with Crippen LogP contribution in [-0.4, -0.2) is 31.6 Å². The van der Waals surface area contributed by atoms with Crippen LogP contribution in [0.5, 0.6) is 0 Å². The van der Waals surface area contributed by atoms with Crippen molar-refractivity contribution in [3.05, 3.63) is 28.2 Å². The maximum Gasteiger partial charge on any atom is 0.243 e. The number of ketones is 1. The maximum absolute atomic E-state index is 12.5. The van der Waals surface area contributed by atoms with E-state index in [-0.39, 0.29) is 26.6 Å². The largest absolute Gasteiger partial charge is 0.300 e. The van der Waals surface area contributed by atoms with E-state index < -0.39 is 10.0 Å². The number of sulfonamides is 1. The Morgan fingerprint density at radius 3 is 2.10 bits per heavy atom. The standard InChI is InChI=1S/C13H15Cl2NO3S/c1-9(17)10-2-4-16(5-3-10)20(18,19)13-7-11(14)6-12(15)8-13/h6-8,10H,2-5H2,1H3. The lowest BCUT2D eigenvalue weighted by molar-refractivity contribution is -0.121. The molecule has 1 heterocycles. The third kappa shape index (κ3) is 3.34. The van der Waals surface area contributed by atoms with E-state index in [1.165, 1.54) is 22.5 Å². The Kier molecular flexibility index (Phi) is 4.74. The Morgan fingerprint density at radius 2 is 1.65 bits per heavy atom. The van der Waals surface area contributed by atoms with E-state index in [4.69, 9.17) is 23.2 Å². The smallest absolute Gasteiger partial charge is 0.243 e. The van der Waals surface area contributed by atoms with Crippen LogP contribution in [0.25, 0.3) is 0 Å². The van der Waals surface area contributed by atoms with Gasteiger partial charge in [0.15, 0.2) is 0 Å². The summed E-state index contributed by atoms with van der Waals surface area (Å²) in [5.41, 5.74) is 0. The monoisotopic (exact) mass is 335 g/mol. The molecule has 1 fully saturated rings. The highest BCUT2D eigenvalue weighted by Gasteiger charge is 2.31. The first-order chi connectivity index (χ1) is 9.30. The molecule has 1 saturated heterocycles. The molecule has 1 aromatic carbocycles. The van der Waals surface area contributed by atoms with Gasteiger partial charge in [-0.25, -0.2) is 8.42 Å². The molecule has 0 atom stereocenters. The molecule has 2 rings (SSSR count). The van der Waals surface area contributed by atoms with Crippen molar-refractivity contribution in [3.63, 3.8) is 0 Å². The Bertz CT molecular complexity index is 602. The van der Waals surface area contributed by atoms with Crippen LogP contribution in [0.15, 0.2) is 23.1 Å². The molecule has 20 heavy (non-hydrogen) atoms. The molecule has 7 heteroatoms. The van der Waals surface area contributed by atoms with Gasteiger partial charge in [-0.05, 0) is 38.0 Å². The second-order valence-electron chi connectivity index (χ2n) is 4.89. The zero-order chi connectivity index (χ0) is 14.9. The van der Waals surface area contributed by atoms with Crippen molar-refractivity contribution in [1.82, 2.24) is 4.31 Å². The highest BCUT2D eigenvalue weighted by Crippen LogP contribution is 2.28. The molecule has 110 valence electrons. The molecule has 1 aliphatic rings. The van der Waals surface area contributed by atoms with Crippen molar-refractivity contribution < 1.29 is 13.2 Å². The second-order valence-corrected chi connectivity index (χ2v) is 7.70. The van der Waals surface area contributed by atoms with Gasteiger partial charge in [0, 0.05) is 29.1 Å². The molecule has 4 nitrogen and oxygen atoms in total. The molecule has 0 bridgehead atoms. The number of halogens is 2. The Balaban J connectivity index is 2.21. The number of carbonyl (C=O) groups excluding carboxylic acids is 1. The van der Waals surface area contributed by atoms with E-state index in [0.717, 1.165) is 0 Å². The van der Waals surface area contributed by atoms with Crippen molar-refractivity contribution in [2.75, 3.05) is 13.1 Å². The van der Waals surface area contributed by atoms with E-state index in [2.05, 4.69) is 0 Å². The predicted molar refractivity (Wildman–Crippen MR) is 78.6 cm³/mol. The lowest BCUT2D eigenvalue weighted by atomic mass is 9.95. The van der Waals surface area contributed by atoms with E-state index in [0.29, 0.717) is 25.9 Å². The van der Waals surface area contributed by atoms with Gasteiger partial charge in [0.1, 0.15) is 5.78 Å². The van der Waals surface area contributed by atoms with E-state index in [1.54, 1.807) is 6.92 Å². The number of Topliss-reactive ketones (excluding diaryl/α,β-unsaturated/α-hetero) is 1. The van der Waals surface area contributed by atoms with Gasteiger partial charge in [-0.2, -0.15) is 4.31 Å².